The molecule has 0 aliphatic carbocycles. The summed E-state index contributed by atoms with van der Waals surface area (Å²) in [5.41, 5.74) is 0.733. The molecule has 1 aromatic rings. The molecule has 90 valence electrons. The number of hydrogen-bond acceptors (Lipinski definition) is 3. The molecule has 5 heteroatoms. The van der Waals surface area contributed by atoms with Crippen LogP contribution in [0, 0.1) is 0 Å². The first-order chi connectivity index (χ1) is 8.09. The van der Waals surface area contributed by atoms with Gasteiger partial charge in [-0.05, 0) is 23.9 Å². The maximum atomic E-state index is 12.0. The average molecular weight is 251 g/mol. The van der Waals surface area contributed by atoms with Gasteiger partial charge < -0.3 is 10.0 Å². The third kappa shape index (κ3) is 2.39. The molecule has 1 amide bonds. The lowest BCUT2D eigenvalue weighted by Crippen LogP contribution is -2.42. The second-order valence-electron chi connectivity index (χ2n) is 3.99. The Kier molecular flexibility index (Phi) is 3.28. The zero-order valence-electron chi connectivity index (χ0n) is 9.42. The molecule has 17 heavy (non-hydrogen) atoms. The van der Waals surface area contributed by atoms with E-state index in [1.165, 1.54) is 16.2 Å². The summed E-state index contributed by atoms with van der Waals surface area (Å²) in [5.74, 6) is -1.09. The van der Waals surface area contributed by atoms with Gasteiger partial charge in [-0.25, -0.2) is 4.79 Å². The van der Waals surface area contributed by atoms with Crippen LogP contribution in [0.2, 0.25) is 0 Å². The number of aliphatic carboxylic acids is 1. The van der Waals surface area contributed by atoms with Crippen molar-refractivity contribution >= 4 is 23.2 Å². The Bertz CT molecular complexity index is 464. The molecule has 1 N–H and O–H groups in total. The van der Waals surface area contributed by atoms with Crippen LogP contribution in [0.25, 0.3) is 0 Å². The molecule has 1 aliphatic heterocycles. The number of carbonyl (C=O) groups excluding carboxylic acids is 1. The molecule has 2 rings (SSSR count). The van der Waals surface area contributed by atoms with Crippen molar-refractivity contribution in [2.75, 3.05) is 6.54 Å². The fourth-order valence-electron chi connectivity index (χ4n) is 1.94. The molecule has 1 unspecified atom stereocenters. The number of hydrogen-bond donors (Lipinski definition) is 1. The van der Waals surface area contributed by atoms with Gasteiger partial charge in [-0.3, -0.25) is 4.79 Å². The molecule has 4 nitrogen and oxygen atoms in total. The Hall–Kier alpha value is -1.62. The van der Waals surface area contributed by atoms with Gasteiger partial charge >= 0.3 is 5.97 Å². The predicted molar refractivity (Wildman–Crippen MR) is 64.9 cm³/mol. The molecular formula is C12H13NO3S. The van der Waals surface area contributed by atoms with Crippen LogP contribution in [-0.2, 0) is 16.0 Å². The standard InChI is InChI=1S/C12H13NO3S/c1-8-4-5-13(11(8)12(15)16)10(14)7-9-3-2-6-17-9/h2-4,6,11H,5,7H2,1H3,(H,15,16). The van der Waals surface area contributed by atoms with Gasteiger partial charge in [0.05, 0.1) is 6.42 Å². The zero-order chi connectivity index (χ0) is 12.4. The highest BCUT2D eigenvalue weighted by Crippen LogP contribution is 2.20. The molecular weight excluding hydrogens is 238 g/mol. The molecule has 0 spiro atoms. The van der Waals surface area contributed by atoms with E-state index in [0.29, 0.717) is 6.54 Å². The minimum atomic E-state index is -0.962. The van der Waals surface area contributed by atoms with Gasteiger partial charge in [-0.2, -0.15) is 0 Å². The first-order valence-electron chi connectivity index (χ1n) is 5.31. The van der Waals surface area contributed by atoms with E-state index in [-0.39, 0.29) is 12.3 Å². The first kappa shape index (κ1) is 11.9. The van der Waals surface area contributed by atoms with Crippen LogP contribution in [0.1, 0.15) is 11.8 Å². The molecule has 0 aromatic carbocycles. The summed E-state index contributed by atoms with van der Waals surface area (Å²) < 4.78 is 0. The van der Waals surface area contributed by atoms with Crippen LogP contribution in [-0.4, -0.2) is 34.5 Å². The summed E-state index contributed by atoms with van der Waals surface area (Å²) in [6.07, 6.45) is 2.08. The molecule has 0 saturated heterocycles. The molecule has 2 heterocycles. The summed E-state index contributed by atoms with van der Waals surface area (Å²) >= 11 is 1.51. The van der Waals surface area contributed by atoms with E-state index in [4.69, 9.17) is 5.11 Å². The highest BCUT2D eigenvalue weighted by atomic mass is 32.1. The van der Waals surface area contributed by atoms with Crippen molar-refractivity contribution in [3.63, 3.8) is 0 Å². The second-order valence-corrected chi connectivity index (χ2v) is 5.02. The summed E-state index contributed by atoms with van der Waals surface area (Å²) in [6, 6.07) is 2.98. The predicted octanol–water partition coefficient (Wildman–Crippen LogP) is 1.53. The Morgan fingerprint density at radius 2 is 2.35 bits per heavy atom. The fraction of sp³-hybridized carbons (Fsp3) is 0.333. The topological polar surface area (TPSA) is 57.6 Å². The Morgan fingerprint density at radius 1 is 1.59 bits per heavy atom. The van der Waals surface area contributed by atoms with E-state index < -0.39 is 12.0 Å². The zero-order valence-corrected chi connectivity index (χ0v) is 10.2. The Labute approximate surface area is 103 Å². The van der Waals surface area contributed by atoms with Gasteiger partial charge in [-0.15, -0.1) is 11.3 Å². The Morgan fingerprint density at radius 3 is 2.94 bits per heavy atom. The van der Waals surface area contributed by atoms with Gasteiger partial charge in [-0.1, -0.05) is 12.1 Å². The lowest BCUT2D eigenvalue weighted by Gasteiger charge is -2.22. The van der Waals surface area contributed by atoms with Gasteiger partial charge in [0.2, 0.25) is 5.91 Å². The van der Waals surface area contributed by atoms with Crippen LogP contribution in [0.5, 0.6) is 0 Å². The molecule has 0 fully saturated rings. The first-order valence-corrected chi connectivity index (χ1v) is 6.19. The third-order valence-electron chi connectivity index (χ3n) is 2.81. The van der Waals surface area contributed by atoms with Gasteiger partial charge in [0.1, 0.15) is 0 Å². The van der Waals surface area contributed by atoms with Gasteiger partial charge in [0, 0.05) is 11.4 Å². The van der Waals surface area contributed by atoms with E-state index >= 15 is 0 Å². The average Bonchev–Trinajstić information content (AvgIpc) is 2.86. The monoisotopic (exact) mass is 251 g/mol. The summed E-state index contributed by atoms with van der Waals surface area (Å²) in [5, 5.41) is 11.0. The van der Waals surface area contributed by atoms with Crippen molar-refractivity contribution in [1.29, 1.82) is 0 Å². The number of carboxylic acids is 1. The molecule has 0 saturated carbocycles. The quantitative estimate of drug-likeness (QED) is 0.829. The van der Waals surface area contributed by atoms with E-state index in [1.807, 2.05) is 17.5 Å². The maximum absolute atomic E-state index is 12.0. The second kappa shape index (κ2) is 4.71. The largest absolute Gasteiger partial charge is 0.479 e. The lowest BCUT2D eigenvalue weighted by atomic mass is 10.1. The SMILES string of the molecule is CC1=CCN(C(=O)Cc2cccs2)C1C(=O)O. The minimum Gasteiger partial charge on any atom is -0.479 e. The van der Waals surface area contributed by atoms with E-state index in [9.17, 15) is 9.59 Å². The normalized spacial score (nSPS) is 19.2. The highest BCUT2D eigenvalue weighted by molar-refractivity contribution is 7.10. The maximum Gasteiger partial charge on any atom is 0.330 e. The van der Waals surface area contributed by atoms with Crippen molar-refractivity contribution in [2.45, 2.75) is 19.4 Å². The third-order valence-corrected chi connectivity index (χ3v) is 3.69. The van der Waals surface area contributed by atoms with E-state index in [0.717, 1.165) is 10.5 Å². The van der Waals surface area contributed by atoms with E-state index in [1.54, 1.807) is 13.0 Å². The molecule has 1 aromatic heterocycles. The smallest absolute Gasteiger partial charge is 0.330 e. The Balaban J connectivity index is 2.08. The van der Waals surface area contributed by atoms with Crippen molar-refractivity contribution in [3.8, 4) is 0 Å². The lowest BCUT2D eigenvalue weighted by molar-refractivity contribution is -0.147. The molecule has 1 aliphatic rings. The molecule has 0 radical (unpaired) electrons. The number of nitrogens with zero attached hydrogens (tertiary/aromatic N) is 1. The van der Waals surface area contributed by atoms with Crippen LogP contribution >= 0.6 is 11.3 Å². The van der Waals surface area contributed by atoms with Crippen LogP contribution in [0.15, 0.2) is 29.2 Å². The van der Waals surface area contributed by atoms with Crippen molar-refractivity contribution in [3.05, 3.63) is 34.0 Å². The van der Waals surface area contributed by atoms with Crippen molar-refractivity contribution in [2.24, 2.45) is 0 Å². The van der Waals surface area contributed by atoms with Crippen LogP contribution in [0.3, 0.4) is 0 Å². The number of rotatable bonds is 3. The number of carbonyl (C=O) groups is 2. The highest BCUT2D eigenvalue weighted by Gasteiger charge is 2.34. The number of carboxylic acid groups (broad SMARTS) is 1. The summed E-state index contributed by atoms with van der Waals surface area (Å²) in [6.45, 7) is 2.14. The molecule has 0 bridgehead atoms. The van der Waals surface area contributed by atoms with Crippen LogP contribution in [0.4, 0.5) is 0 Å². The number of thiophene rings is 1. The minimum absolute atomic E-state index is 0.132. The van der Waals surface area contributed by atoms with Crippen LogP contribution < -0.4 is 0 Å². The fourth-order valence-corrected chi connectivity index (χ4v) is 2.64. The van der Waals surface area contributed by atoms with E-state index in [2.05, 4.69) is 0 Å². The molecule has 1 atom stereocenters. The number of amides is 1. The van der Waals surface area contributed by atoms with Crippen molar-refractivity contribution < 1.29 is 14.7 Å². The summed E-state index contributed by atoms with van der Waals surface area (Å²) in [4.78, 5) is 25.5. The summed E-state index contributed by atoms with van der Waals surface area (Å²) in [7, 11) is 0. The van der Waals surface area contributed by atoms with Gasteiger partial charge in [0.15, 0.2) is 6.04 Å². The van der Waals surface area contributed by atoms with Gasteiger partial charge in [0.25, 0.3) is 0 Å². The van der Waals surface area contributed by atoms with Crippen molar-refractivity contribution in [1.82, 2.24) is 4.90 Å².